The average molecular weight is 237 g/mol. The van der Waals surface area contributed by atoms with Crippen LogP contribution in [0.1, 0.15) is 40.0 Å². The van der Waals surface area contributed by atoms with E-state index < -0.39 is 10.0 Å². The minimum absolute atomic E-state index is 0.0293. The molecule has 0 aromatic heterocycles. The third kappa shape index (κ3) is 5.49. The van der Waals surface area contributed by atoms with E-state index in [0.29, 0.717) is 19.4 Å². The highest BCUT2D eigenvalue weighted by molar-refractivity contribution is 7.89. The lowest BCUT2D eigenvalue weighted by Gasteiger charge is -2.25. The SMILES string of the molecule is CCCCS(=O)(=O)N(CCCO)C(C)C. The van der Waals surface area contributed by atoms with Crippen LogP contribution in [0.15, 0.2) is 0 Å². The molecule has 0 atom stereocenters. The fraction of sp³-hybridized carbons (Fsp3) is 1.00. The first-order valence-electron chi connectivity index (χ1n) is 5.56. The van der Waals surface area contributed by atoms with Crippen LogP contribution in [0.2, 0.25) is 0 Å². The molecule has 0 rings (SSSR count). The third-order valence-electron chi connectivity index (χ3n) is 2.23. The molecule has 92 valence electrons. The summed E-state index contributed by atoms with van der Waals surface area (Å²) in [6.07, 6.45) is 2.08. The van der Waals surface area contributed by atoms with Crippen LogP contribution < -0.4 is 0 Å². The summed E-state index contributed by atoms with van der Waals surface area (Å²) in [6, 6.07) is -0.0293. The molecule has 0 amide bonds. The summed E-state index contributed by atoms with van der Waals surface area (Å²) in [7, 11) is -3.13. The molecule has 0 bridgehead atoms. The van der Waals surface area contributed by atoms with Crippen LogP contribution in [-0.2, 0) is 10.0 Å². The summed E-state index contributed by atoms with van der Waals surface area (Å²) in [4.78, 5) is 0. The zero-order chi connectivity index (χ0) is 11.9. The number of aliphatic hydroxyl groups excluding tert-OH is 1. The second kappa shape index (κ2) is 7.19. The Morgan fingerprint density at radius 1 is 1.27 bits per heavy atom. The molecule has 1 N–H and O–H groups in total. The van der Waals surface area contributed by atoms with Gasteiger partial charge in [-0.05, 0) is 26.7 Å². The van der Waals surface area contributed by atoms with Crippen LogP contribution in [0.5, 0.6) is 0 Å². The summed E-state index contributed by atoms with van der Waals surface area (Å²) in [6.45, 7) is 6.15. The Balaban J connectivity index is 4.45. The molecule has 15 heavy (non-hydrogen) atoms. The van der Waals surface area contributed by atoms with E-state index in [2.05, 4.69) is 0 Å². The minimum atomic E-state index is -3.13. The number of hydrogen-bond acceptors (Lipinski definition) is 3. The van der Waals surface area contributed by atoms with Crippen molar-refractivity contribution in [3.63, 3.8) is 0 Å². The van der Waals surface area contributed by atoms with Gasteiger partial charge in [-0.1, -0.05) is 13.3 Å². The zero-order valence-electron chi connectivity index (χ0n) is 9.94. The average Bonchev–Trinajstić information content (AvgIpc) is 2.14. The molecular formula is C10H23NO3S. The van der Waals surface area contributed by atoms with Crippen molar-refractivity contribution in [2.24, 2.45) is 0 Å². The van der Waals surface area contributed by atoms with E-state index in [-0.39, 0.29) is 18.4 Å². The predicted octanol–water partition coefficient (Wildman–Crippen LogP) is 1.21. The first-order valence-corrected chi connectivity index (χ1v) is 7.17. The monoisotopic (exact) mass is 237 g/mol. The lowest BCUT2D eigenvalue weighted by molar-refractivity contribution is 0.258. The predicted molar refractivity (Wildman–Crippen MR) is 62.2 cm³/mol. The van der Waals surface area contributed by atoms with Gasteiger partial charge in [0.2, 0.25) is 10.0 Å². The van der Waals surface area contributed by atoms with Crippen molar-refractivity contribution >= 4 is 10.0 Å². The van der Waals surface area contributed by atoms with Crippen molar-refractivity contribution in [2.75, 3.05) is 18.9 Å². The van der Waals surface area contributed by atoms with Crippen LogP contribution >= 0.6 is 0 Å². The fourth-order valence-electron chi connectivity index (χ4n) is 1.39. The van der Waals surface area contributed by atoms with Gasteiger partial charge in [-0.3, -0.25) is 0 Å². The van der Waals surface area contributed by atoms with E-state index >= 15 is 0 Å². The van der Waals surface area contributed by atoms with E-state index in [1.54, 1.807) is 0 Å². The third-order valence-corrected chi connectivity index (χ3v) is 4.35. The molecule has 0 aliphatic rings. The minimum Gasteiger partial charge on any atom is -0.396 e. The van der Waals surface area contributed by atoms with E-state index in [1.165, 1.54) is 4.31 Å². The molecule has 0 aliphatic carbocycles. The molecule has 0 radical (unpaired) electrons. The highest BCUT2D eigenvalue weighted by atomic mass is 32.2. The van der Waals surface area contributed by atoms with Crippen LogP contribution in [0.4, 0.5) is 0 Å². The standard InChI is InChI=1S/C10H23NO3S/c1-4-5-9-15(13,14)11(10(2)3)7-6-8-12/h10,12H,4-9H2,1-3H3. The summed E-state index contributed by atoms with van der Waals surface area (Å²) in [5, 5.41) is 8.72. The number of hydrogen-bond donors (Lipinski definition) is 1. The molecule has 0 saturated carbocycles. The Bertz CT molecular complexity index is 249. The van der Waals surface area contributed by atoms with Crippen molar-refractivity contribution in [1.82, 2.24) is 4.31 Å². The van der Waals surface area contributed by atoms with Gasteiger partial charge >= 0.3 is 0 Å². The molecule has 0 aromatic rings. The number of rotatable bonds is 8. The largest absolute Gasteiger partial charge is 0.396 e. The molecule has 0 spiro atoms. The zero-order valence-corrected chi connectivity index (χ0v) is 10.8. The van der Waals surface area contributed by atoms with Crippen LogP contribution in [0, 0.1) is 0 Å². The topological polar surface area (TPSA) is 57.6 Å². The Morgan fingerprint density at radius 2 is 1.87 bits per heavy atom. The molecular weight excluding hydrogens is 214 g/mol. The highest BCUT2D eigenvalue weighted by Gasteiger charge is 2.23. The second-order valence-corrected chi connectivity index (χ2v) is 5.99. The van der Waals surface area contributed by atoms with Crippen molar-refractivity contribution < 1.29 is 13.5 Å². The second-order valence-electron chi connectivity index (χ2n) is 3.95. The summed E-state index contributed by atoms with van der Waals surface area (Å²) in [5.74, 6) is 0.215. The van der Waals surface area contributed by atoms with Gasteiger partial charge in [0.15, 0.2) is 0 Å². The number of nitrogens with zero attached hydrogens (tertiary/aromatic N) is 1. The van der Waals surface area contributed by atoms with Gasteiger partial charge in [-0.2, -0.15) is 4.31 Å². The molecule has 0 saturated heterocycles. The quantitative estimate of drug-likeness (QED) is 0.690. The van der Waals surface area contributed by atoms with E-state index in [4.69, 9.17) is 5.11 Å². The summed E-state index contributed by atoms with van der Waals surface area (Å²) < 4.78 is 25.2. The fourth-order valence-corrected chi connectivity index (χ4v) is 3.33. The van der Waals surface area contributed by atoms with E-state index in [9.17, 15) is 8.42 Å². The molecule has 5 heteroatoms. The van der Waals surface area contributed by atoms with Crippen molar-refractivity contribution in [2.45, 2.75) is 46.1 Å². The molecule has 0 fully saturated rings. The van der Waals surface area contributed by atoms with Crippen LogP contribution in [0.3, 0.4) is 0 Å². The maximum atomic E-state index is 11.9. The Hall–Kier alpha value is -0.130. The van der Waals surface area contributed by atoms with Crippen molar-refractivity contribution in [3.8, 4) is 0 Å². The Kier molecular flexibility index (Phi) is 7.13. The molecule has 0 unspecified atom stereocenters. The Labute approximate surface area is 93.3 Å². The van der Waals surface area contributed by atoms with E-state index in [1.807, 2.05) is 20.8 Å². The lowest BCUT2D eigenvalue weighted by atomic mass is 10.3. The smallest absolute Gasteiger partial charge is 0.214 e. The first kappa shape index (κ1) is 14.9. The molecule has 4 nitrogen and oxygen atoms in total. The van der Waals surface area contributed by atoms with Gasteiger partial charge in [0.05, 0.1) is 5.75 Å². The van der Waals surface area contributed by atoms with Gasteiger partial charge < -0.3 is 5.11 Å². The summed E-state index contributed by atoms with van der Waals surface area (Å²) >= 11 is 0. The highest BCUT2D eigenvalue weighted by Crippen LogP contribution is 2.10. The number of aliphatic hydroxyl groups is 1. The lowest BCUT2D eigenvalue weighted by Crippen LogP contribution is -2.39. The Morgan fingerprint density at radius 3 is 2.27 bits per heavy atom. The van der Waals surface area contributed by atoms with Crippen LogP contribution in [0.25, 0.3) is 0 Å². The summed E-state index contributed by atoms with van der Waals surface area (Å²) in [5.41, 5.74) is 0. The normalized spacial score (nSPS) is 12.7. The van der Waals surface area contributed by atoms with Crippen LogP contribution in [-0.4, -0.2) is 42.8 Å². The van der Waals surface area contributed by atoms with Crippen molar-refractivity contribution in [1.29, 1.82) is 0 Å². The van der Waals surface area contributed by atoms with Gasteiger partial charge in [0.25, 0.3) is 0 Å². The first-order chi connectivity index (χ1) is 6.95. The van der Waals surface area contributed by atoms with E-state index in [0.717, 1.165) is 6.42 Å². The maximum Gasteiger partial charge on any atom is 0.214 e. The molecule has 0 aromatic carbocycles. The van der Waals surface area contributed by atoms with Gasteiger partial charge in [-0.25, -0.2) is 8.42 Å². The van der Waals surface area contributed by atoms with Gasteiger partial charge in [0.1, 0.15) is 0 Å². The van der Waals surface area contributed by atoms with Gasteiger partial charge in [0, 0.05) is 19.2 Å². The molecule has 0 aliphatic heterocycles. The maximum absolute atomic E-state index is 11.9. The molecule has 0 heterocycles. The van der Waals surface area contributed by atoms with Gasteiger partial charge in [-0.15, -0.1) is 0 Å². The number of unbranched alkanes of at least 4 members (excludes halogenated alkanes) is 1. The van der Waals surface area contributed by atoms with Crippen molar-refractivity contribution in [3.05, 3.63) is 0 Å². The number of sulfonamides is 1.